The zero-order valence-electron chi connectivity index (χ0n) is 29.0. The lowest BCUT2D eigenvalue weighted by molar-refractivity contribution is -0.143. The van der Waals surface area contributed by atoms with Crippen molar-refractivity contribution < 1.29 is 70.3 Å². The molecule has 0 saturated heterocycles. The van der Waals surface area contributed by atoms with Crippen molar-refractivity contribution in [2.45, 2.75) is 53.9 Å². The van der Waals surface area contributed by atoms with Crippen LogP contribution in [0.5, 0.6) is 17.2 Å². The molecule has 0 fully saturated rings. The summed E-state index contributed by atoms with van der Waals surface area (Å²) in [5.74, 6) is -10.8. The third kappa shape index (κ3) is 17.3. The molecule has 0 spiro atoms. The number of carbonyl (C=O) groups excluding carboxylic acids is 3. The molecule has 1 atom stereocenters. The first kappa shape index (κ1) is 47.0. The van der Waals surface area contributed by atoms with Crippen LogP contribution in [-0.2, 0) is 28.6 Å². The smallest absolute Gasteiger partial charge is 0.331 e. The average molecular weight is 810 g/mol. The van der Waals surface area contributed by atoms with E-state index in [4.69, 9.17) is 20.1 Å². The van der Waals surface area contributed by atoms with Gasteiger partial charge in [0.05, 0.1) is 26.2 Å². The van der Waals surface area contributed by atoms with Crippen LogP contribution in [0, 0.1) is 34.9 Å². The quantitative estimate of drug-likeness (QED) is 0.0837. The van der Waals surface area contributed by atoms with E-state index in [1.807, 2.05) is 0 Å². The third-order valence-corrected chi connectivity index (χ3v) is 6.51. The van der Waals surface area contributed by atoms with Gasteiger partial charge >= 0.3 is 17.9 Å². The van der Waals surface area contributed by atoms with Gasteiger partial charge in [-0.3, -0.25) is 4.79 Å². The summed E-state index contributed by atoms with van der Waals surface area (Å²) in [6.07, 6.45) is 4.22. The van der Waals surface area contributed by atoms with Crippen LogP contribution in [0.15, 0.2) is 59.1 Å². The van der Waals surface area contributed by atoms with Gasteiger partial charge in [-0.25, -0.2) is 35.9 Å². The Kier molecular flexibility index (Phi) is 21.9. The molecule has 0 aliphatic rings. The Hall–Kier alpha value is -4.99. The monoisotopic (exact) mass is 808 g/mol. The van der Waals surface area contributed by atoms with E-state index in [2.05, 4.69) is 25.4 Å². The number of allylic oxidation sites excluding steroid dienone is 2. The minimum atomic E-state index is -1.07. The Balaban J connectivity index is 0.000000698. The fraction of sp³-hybridized carbons (Fsp3) is 0.306. The normalized spacial score (nSPS) is 11.1. The van der Waals surface area contributed by atoms with Gasteiger partial charge in [0.2, 0.25) is 0 Å². The number of esters is 3. The molecule has 16 heteroatoms. The van der Waals surface area contributed by atoms with Crippen LogP contribution in [0.25, 0.3) is 5.57 Å². The number of hydrogen-bond donors (Lipinski definition) is 3. The van der Waals surface area contributed by atoms with Crippen molar-refractivity contribution in [1.82, 2.24) is 0 Å². The lowest BCUT2D eigenvalue weighted by Gasteiger charge is -2.12. The van der Waals surface area contributed by atoms with Gasteiger partial charge in [0.25, 0.3) is 0 Å². The Bertz CT molecular complexity index is 1640. The van der Waals surface area contributed by atoms with Gasteiger partial charge < -0.3 is 29.5 Å². The fourth-order valence-electron chi connectivity index (χ4n) is 3.56. The standard InChI is InChI=1S/C12H14F2O3.C12H12F2O3.C6H3BrF2O.C6H10O2/c2*1-3-17-11(15)4-7(2)8-5-9(13)12(16)10(14)6-8;7-3-1-4(8)6(10)5(9)2-3;1-3-5-6(7)8-4-2/h5-7,16H,3-4H2,1-2H3;4-6,16H,3H2,1-2H3;1-2,10H;3,5H,4H2,1-2H3/b;7-4+;;5-3+. The molecule has 286 valence electrons. The molecule has 0 aliphatic carbocycles. The molecule has 3 rings (SSSR count). The maximum Gasteiger partial charge on any atom is 0.331 e. The number of rotatable bonds is 9. The van der Waals surface area contributed by atoms with Crippen LogP contribution in [0.1, 0.15) is 65.0 Å². The van der Waals surface area contributed by atoms with Gasteiger partial charge in [-0.1, -0.05) is 28.9 Å². The van der Waals surface area contributed by atoms with Crippen molar-refractivity contribution in [3.05, 3.63) is 105 Å². The van der Waals surface area contributed by atoms with E-state index in [-0.39, 0.29) is 41.6 Å². The molecule has 3 aromatic rings. The topological polar surface area (TPSA) is 140 Å². The predicted molar refractivity (Wildman–Crippen MR) is 183 cm³/mol. The zero-order valence-corrected chi connectivity index (χ0v) is 30.6. The lowest BCUT2D eigenvalue weighted by Crippen LogP contribution is -2.08. The highest BCUT2D eigenvalue weighted by Crippen LogP contribution is 2.28. The van der Waals surface area contributed by atoms with E-state index < -0.39 is 64.1 Å². The molecule has 0 heterocycles. The molecule has 3 aromatic carbocycles. The second-order valence-corrected chi connectivity index (χ2v) is 11.0. The first-order valence-electron chi connectivity index (χ1n) is 15.3. The molecule has 0 aliphatic heterocycles. The van der Waals surface area contributed by atoms with Crippen LogP contribution in [0.2, 0.25) is 0 Å². The number of carbonyl (C=O) groups is 3. The van der Waals surface area contributed by atoms with Crippen molar-refractivity contribution in [3.8, 4) is 17.2 Å². The summed E-state index contributed by atoms with van der Waals surface area (Å²) in [5, 5.41) is 26.4. The molecule has 52 heavy (non-hydrogen) atoms. The number of halogens is 7. The number of phenolic OH excluding ortho intramolecular Hbond substituents is 3. The van der Waals surface area contributed by atoms with Crippen LogP contribution in [0.3, 0.4) is 0 Å². The van der Waals surface area contributed by atoms with Gasteiger partial charge in [-0.2, -0.15) is 0 Å². The van der Waals surface area contributed by atoms with E-state index in [9.17, 15) is 40.7 Å². The summed E-state index contributed by atoms with van der Waals surface area (Å²) >= 11 is 2.86. The lowest BCUT2D eigenvalue weighted by atomic mass is 9.97. The molecule has 3 N–H and O–H groups in total. The van der Waals surface area contributed by atoms with Gasteiger partial charge in [-0.15, -0.1) is 0 Å². The summed E-state index contributed by atoms with van der Waals surface area (Å²) in [7, 11) is 0. The SMILES string of the molecule is C/C=C/C(=O)OCC.CCOC(=O)/C=C(\C)c1cc(F)c(O)c(F)c1.CCOC(=O)CC(C)c1cc(F)c(O)c(F)c1.Oc1c(F)cc(Br)cc1F. The highest BCUT2D eigenvalue weighted by molar-refractivity contribution is 9.10. The number of aromatic hydroxyl groups is 3. The number of hydrogen-bond acceptors (Lipinski definition) is 9. The van der Waals surface area contributed by atoms with Crippen LogP contribution in [0.4, 0.5) is 26.3 Å². The molecule has 0 aromatic heterocycles. The van der Waals surface area contributed by atoms with Crippen molar-refractivity contribution in [3.63, 3.8) is 0 Å². The molecule has 0 radical (unpaired) electrons. The highest BCUT2D eigenvalue weighted by Gasteiger charge is 2.17. The molecule has 0 bridgehead atoms. The molecule has 0 saturated carbocycles. The maximum absolute atomic E-state index is 13.1. The van der Waals surface area contributed by atoms with Gasteiger partial charge in [0.1, 0.15) is 0 Å². The average Bonchev–Trinajstić information content (AvgIpc) is 3.05. The van der Waals surface area contributed by atoms with Crippen LogP contribution in [-0.4, -0.2) is 53.0 Å². The predicted octanol–water partition coefficient (Wildman–Crippen LogP) is 8.92. The van der Waals surface area contributed by atoms with Gasteiger partial charge in [0.15, 0.2) is 52.2 Å². The molecule has 1 unspecified atom stereocenters. The first-order valence-corrected chi connectivity index (χ1v) is 16.1. The van der Waals surface area contributed by atoms with Crippen LogP contribution >= 0.6 is 15.9 Å². The van der Waals surface area contributed by atoms with E-state index in [1.165, 1.54) is 13.0 Å². The van der Waals surface area contributed by atoms with E-state index in [1.54, 1.807) is 40.7 Å². The van der Waals surface area contributed by atoms with Crippen molar-refractivity contribution >= 4 is 39.4 Å². The third-order valence-electron chi connectivity index (χ3n) is 6.05. The Morgan fingerprint density at radius 2 is 1.08 bits per heavy atom. The number of ether oxygens (including phenoxy) is 3. The summed E-state index contributed by atoms with van der Waals surface area (Å²) in [6.45, 7) is 11.0. The second kappa shape index (κ2) is 24.2. The molecular weight excluding hydrogens is 770 g/mol. The van der Waals surface area contributed by atoms with E-state index in [0.29, 0.717) is 17.7 Å². The maximum atomic E-state index is 13.1. The molecular formula is C36H39BrF6O9. The Labute approximate surface area is 305 Å². The second-order valence-electron chi connectivity index (χ2n) is 10.1. The summed E-state index contributed by atoms with van der Waals surface area (Å²) < 4.78 is 91.1. The van der Waals surface area contributed by atoms with E-state index >= 15 is 0 Å². The fourth-order valence-corrected chi connectivity index (χ4v) is 3.96. The van der Waals surface area contributed by atoms with Crippen molar-refractivity contribution in [1.29, 1.82) is 0 Å². The minimum Gasteiger partial charge on any atom is -0.503 e. The summed E-state index contributed by atoms with van der Waals surface area (Å²) in [4.78, 5) is 32.7. The Morgan fingerprint density at radius 3 is 1.48 bits per heavy atom. The van der Waals surface area contributed by atoms with Crippen molar-refractivity contribution in [2.24, 2.45) is 0 Å². The largest absolute Gasteiger partial charge is 0.503 e. The van der Waals surface area contributed by atoms with Gasteiger partial charge in [-0.05, 0) is 93.6 Å². The van der Waals surface area contributed by atoms with Gasteiger partial charge in [0, 0.05) is 16.6 Å². The van der Waals surface area contributed by atoms with E-state index in [0.717, 1.165) is 42.5 Å². The number of benzene rings is 3. The minimum absolute atomic E-state index is 0.0392. The van der Waals surface area contributed by atoms with Crippen LogP contribution < -0.4 is 0 Å². The number of phenols is 3. The zero-order chi connectivity index (χ0) is 40.1. The molecule has 9 nitrogen and oxygen atoms in total. The first-order chi connectivity index (χ1) is 24.3. The summed E-state index contributed by atoms with van der Waals surface area (Å²) in [5.41, 5.74) is 0.831. The van der Waals surface area contributed by atoms with Crippen molar-refractivity contribution in [2.75, 3.05) is 19.8 Å². The highest BCUT2D eigenvalue weighted by atomic mass is 79.9. The molecule has 0 amide bonds. The Morgan fingerprint density at radius 1 is 0.692 bits per heavy atom. The summed E-state index contributed by atoms with van der Waals surface area (Å²) in [6, 6.07) is 5.90.